The fourth-order valence-corrected chi connectivity index (χ4v) is 8.65. The fraction of sp³-hybridized carbons (Fsp3) is 0.656. The van der Waals surface area contributed by atoms with Crippen molar-refractivity contribution in [2.24, 2.45) is 29.1 Å². The van der Waals surface area contributed by atoms with Crippen LogP contribution in [-0.4, -0.2) is 67.4 Å². The summed E-state index contributed by atoms with van der Waals surface area (Å²) in [7, 11) is 1.79. The van der Waals surface area contributed by atoms with E-state index in [0.717, 1.165) is 48.9 Å². The molecule has 9 heteroatoms. The highest BCUT2D eigenvalue weighted by molar-refractivity contribution is 6.31. The van der Waals surface area contributed by atoms with Crippen LogP contribution in [0.15, 0.2) is 30.5 Å². The Balaban J connectivity index is 1.04. The highest BCUT2D eigenvalue weighted by atomic mass is 35.5. The number of benzene rings is 1. The van der Waals surface area contributed by atoms with E-state index in [1.54, 1.807) is 13.3 Å². The van der Waals surface area contributed by atoms with Gasteiger partial charge in [-0.2, -0.15) is 10.2 Å². The molecule has 4 bridgehead atoms. The second-order valence-electron chi connectivity index (χ2n) is 13.0. The molecule has 3 N–H and O–H groups in total. The van der Waals surface area contributed by atoms with Crippen molar-refractivity contribution in [3.05, 3.63) is 46.6 Å². The van der Waals surface area contributed by atoms with Gasteiger partial charge in [0.25, 0.3) is 0 Å². The quantitative estimate of drug-likeness (QED) is 0.318. The number of nitrogens with zero attached hydrogens (tertiary/aromatic N) is 4. The van der Waals surface area contributed by atoms with Crippen LogP contribution < -0.4 is 16.0 Å². The number of rotatable bonds is 12. The standard InChI is InChI=1S/C32H44ClN7O/c1-41-11-10-40-8-6-22(7-9-40)18-35-29-25-12-23-13-26(29)16-32(14-23,15-25)21-38-30-27(17-34)20-37-31(39-30)36-19-24-4-2-3-5-28(24)33/h2-5,20,22-23,25-26,29,35H,6-16,18-19,21H2,1H3,(H2,36,37,38,39)/t23?,25-,26+,29?,32?. The Hall–Kier alpha value is -2.44. The number of nitriles is 1. The summed E-state index contributed by atoms with van der Waals surface area (Å²) < 4.78 is 5.26. The van der Waals surface area contributed by atoms with Crippen molar-refractivity contribution < 1.29 is 4.74 Å². The van der Waals surface area contributed by atoms with Gasteiger partial charge in [-0.3, -0.25) is 0 Å². The van der Waals surface area contributed by atoms with E-state index in [2.05, 4.69) is 31.9 Å². The highest BCUT2D eigenvalue weighted by Crippen LogP contribution is 2.60. The van der Waals surface area contributed by atoms with Gasteiger partial charge in [0.1, 0.15) is 17.5 Å². The van der Waals surface area contributed by atoms with Crippen LogP contribution in [0.5, 0.6) is 0 Å². The molecule has 220 valence electrons. The van der Waals surface area contributed by atoms with Crippen molar-refractivity contribution in [2.45, 2.75) is 57.5 Å². The lowest BCUT2D eigenvalue weighted by Crippen LogP contribution is -2.60. The summed E-state index contributed by atoms with van der Waals surface area (Å²) in [6, 6.07) is 10.7. The number of aromatic nitrogens is 2. The first-order chi connectivity index (χ1) is 20.0. The molecule has 3 unspecified atom stereocenters. The molecule has 1 aliphatic heterocycles. The summed E-state index contributed by atoms with van der Waals surface area (Å²) in [5.74, 6) is 4.30. The lowest BCUT2D eigenvalue weighted by Gasteiger charge is -2.60. The zero-order valence-corrected chi connectivity index (χ0v) is 25.0. The number of hydrogen-bond donors (Lipinski definition) is 3. The minimum atomic E-state index is 0.296. The van der Waals surface area contributed by atoms with E-state index in [1.807, 2.05) is 24.3 Å². The lowest BCUT2D eigenvalue weighted by molar-refractivity contribution is -0.0704. The van der Waals surface area contributed by atoms with Gasteiger partial charge in [0.2, 0.25) is 5.95 Å². The fourth-order valence-electron chi connectivity index (χ4n) is 8.45. The van der Waals surface area contributed by atoms with Crippen LogP contribution in [0.3, 0.4) is 0 Å². The molecular weight excluding hydrogens is 534 g/mol. The van der Waals surface area contributed by atoms with Crippen LogP contribution in [0.25, 0.3) is 0 Å². The van der Waals surface area contributed by atoms with Crippen LogP contribution in [0.1, 0.15) is 56.1 Å². The first-order valence-corrected chi connectivity index (χ1v) is 15.8. The molecule has 7 rings (SSSR count). The van der Waals surface area contributed by atoms with Gasteiger partial charge in [-0.25, -0.2) is 4.98 Å². The smallest absolute Gasteiger partial charge is 0.224 e. The summed E-state index contributed by atoms with van der Waals surface area (Å²) >= 11 is 6.31. The third-order valence-corrected chi connectivity index (χ3v) is 10.7. The molecule has 0 radical (unpaired) electrons. The monoisotopic (exact) mass is 577 g/mol. The van der Waals surface area contributed by atoms with Gasteiger partial charge >= 0.3 is 0 Å². The maximum absolute atomic E-state index is 9.74. The van der Waals surface area contributed by atoms with Crippen molar-refractivity contribution >= 4 is 23.4 Å². The summed E-state index contributed by atoms with van der Waals surface area (Å²) in [4.78, 5) is 11.6. The molecule has 0 spiro atoms. The van der Waals surface area contributed by atoms with Crippen LogP contribution in [0, 0.1) is 40.4 Å². The Bertz CT molecular complexity index is 1210. The lowest BCUT2D eigenvalue weighted by atomic mass is 9.48. The molecule has 0 amide bonds. The van der Waals surface area contributed by atoms with Gasteiger partial charge in [-0.05, 0) is 105 Å². The van der Waals surface area contributed by atoms with E-state index in [1.165, 1.54) is 64.6 Å². The zero-order valence-electron chi connectivity index (χ0n) is 24.2. The van der Waals surface area contributed by atoms with Crippen LogP contribution in [0.2, 0.25) is 5.02 Å². The Morgan fingerprint density at radius 2 is 1.90 bits per heavy atom. The normalized spacial score (nSPS) is 29.4. The third-order valence-electron chi connectivity index (χ3n) is 10.3. The molecule has 1 aromatic heterocycles. The number of methoxy groups -OCH3 is 1. The maximum atomic E-state index is 9.74. The second-order valence-corrected chi connectivity index (χ2v) is 13.5. The molecule has 2 heterocycles. The SMILES string of the molecule is COCCN1CCC(CNC2[C@@H]3CC4C[C@H]2CC(CNc2nc(NCc5ccccc5Cl)ncc2C#N)(C4)C3)CC1. The minimum Gasteiger partial charge on any atom is -0.383 e. The average Bonchev–Trinajstić information content (AvgIpc) is 2.98. The Morgan fingerprint density at radius 3 is 2.63 bits per heavy atom. The predicted octanol–water partition coefficient (Wildman–Crippen LogP) is 5.17. The van der Waals surface area contributed by atoms with E-state index < -0.39 is 0 Å². The number of anilines is 2. The molecule has 4 saturated carbocycles. The zero-order chi connectivity index (χ0) is 28.2. The highest BCUT2D eigenvalue weighted by Gasteiger charge is 2.55. The van der Waals surface area contributed by atoms with Gasteiger partial charge in [-0.15, -0.1) is 0 Å². The number of ether oxygens (including phenoxy) is 1. The number of nitrogens with one attached hydrogen (secondary N) is 3. The Morgan fingerprint density at radius 1 is 1.12 bits per heavy atom. The van der Waals surface area contributed by atoms with Gasteiger partial charge in [0, 0.05) is 37.8 Å². The number of halogens is 1. The summed E-state index contributed by atoms with van der Waals surface area (Å²) in [6.45, 7) is 6.88. The molecule has 8 nitrogen and oxygen atoms in total. The van der Waals surface area contributed by atoms with Crippen molar-refractivity contribution in [2.75, 3.05) is 57.1 Å². The second kappa shape index (κ2) is 12.8. The molecule has 4 aliphatic carbocycles. The summed E-state index contributed by atoms with van der Waals surface area (Å²) in [6.07, 6.45) is 10.8. The largest absolute Gasteiger partial charge is 0.383 e. The van der Waals surface area contributed by atoms with Gasteiger partial charge in [-0.1, -0.05) is 29.8 Å². The molecule has 5 atom stereocenters. The van der Waals surface area contributed by atoms with Crippen molar-refractivity contribution in [1.29, 1.82) is 5.26 Å². The van der Waals surface area contributed by atoms with E-state index in [9.17, 15) is 5.26 Å². The first kappa shape index (κ1) is 28.7. The van der Waals surface area contributed by atoms with Gasteiger partial charge in [0.05, 0.1) is 12.8 Å². The minimum absolute atomic E-state index is 0.296. The van der Waals surface area contributed by atoms with E-state index in [-0.39, 0.29) is 0 Å². The predicted molar refractivity (Wildman–Crippen MR) is 163 cm³/mol. The number of hydrogen-bond acceptors (Lipinski definition) is 8. The van der Waals surface area contributed by atoms with Gasteiger partial charge in [0.15, 0.2) is 0 Å². The summed E-state index contributed by atoms with van der Waals surface area (Å²) in [5.41, 5.74) is 1.77. The Kier molecular flexibility index (Phi) is 8.97. The molecule has 1 aromatic carbocycles. The van der Waals surface area contributed by atoms with Crippen LogP contribution >= 0.6 is 11.6 Å². The molecule has 2 aromatic rings. The number of likely N-dealkylation sites (tertiary alicyclic amines) is 1. The van der Waals surface area contributed by atoms with Crippen molar-refractivity contribution in [3.8, 4) is 6.07 Å². The van der Waals surface area contributed by atoms with Crippen molar-refractivity contribution in [1.82, 2.24) is 20.2 Å². The molecular formula is C32H44ClN7O. The van der Waals surface area contributed by atoms with E-state index in [4.69, 9.17) is 21.3 Å². The number of piperidine rings is 1. The first-order valence-electron chi connectivity index (χ1n) is 15.5. The van der Waals surface area contributed by atoms with E-state index >= 15 is 0 Å². The van der Waals surface area contributed by atoms with Crippen molar-refractivity contribution in [3.63, 3.8) is 0 Å². The maximum Gasteiger partial charge on any atom is 0.224 e. The van der Waals surface area contributed by atoms with Gasteiger partial charge < -0.3 is 25.6 Å². The Labute approximate surface area is 249 Å². The third kappa shape index (κ3) is 6.64. The van der Waals surface area contributed by atoms with Crippen LogP contribution in [0.4, 0.5) is 11.8 Å². The molecule has 5 fully saturated rings. The molecule has 5 aliphatic rings. The van der Waals surface area contributed by atoms with Crippen LogP contribution in [-0.2, 0) is 11.3 Å². The molecule has 41 heavy (non-hydrogen) atoms. The van der Waals surface area contributed by atoms with E-state index in [0.29, 0.717) is 40.4 Å². The average molecular weight is 578 g/mol. The molecule has 1 saturated heterocycles. The summed E-state index contributed by atoms with van der Waals surface area (Å²) in [5, 5.41) is 21.4. The topological polar surface area (TPSA) is 98.1 Å².